The van der Waals surface area contributed by atoms with E-state index >= 15 is 0 Å². The molecule has 2 atom stereocenters. The highest BCUT2D eigenvalue weighted by atomic mass is 16.5. The molecule has 1 fully saturated rings. The summed E-state index contributed by atoms with van der Waals surface area (Å²) < 4.78 is 5.89. The van der Waals surface area contributed by atoms with Gasteiger partial charge in [-0.3, -0.25) is 0 Å². The van der Waals surface area contributed by atoms with Crippen LogP contribution in [0.25, 0.3) is 0 Å². The topological polar surface area (TPSA) is 61.7 Å². The number of phenols is 1. The number of aromatic hydroxyl groups is 1. The van der Waals surface area contributed by atoms with Gasteiger partial charge in [-0.15, -0.1) is 0 Å². The molecule has 4 heteroatoms. The normalized spacial score (nSPS) is 20.9. The van der Waals surface area contributed by atoms with Crippen LogP contribution in [0.2, 0.25) is 0 Å². The molecule has 3 rings (SSSR count). The smallest absolute Gasteiger partial charge is 0.124 e. The Morgan fingerprint density at radius 2 is 1.74 bits per heavy atom. The van der Waals surface area contributed by atoms with Gasteiger partial charge in [-0.05, 0) is 49.6 Å². The van der Waals surface area contributed by atoms with Crippen molar-refractivity contribution in [3.63, 3.8) is 0 Å². The standard InChI is InChI=1S/C19H23NO3/c21-17-6-2-1-5-14(17)13-20-15-9-11-16(12-10-15)23-19-8-4-3-7-18(19)22/h1-2,5-6,9-12,18-22H,3-4,7-8,13H2. The Hall–Kier alpha value is -2.20. The lowest BCUT2D eigenvalue weighted by molar-refractivity contribution is 0.00688. The zero-order valence-electron chi connectivity index (χ0n) is 13.1. The fourth-order valence-electron chi connectivity index (χ4n) is 2.90. The van der Waals surface area contributed by atoms with Gasteiger partial charge in [0.1, 0.15) is 17.6 Å². The van der Waals surface area contributed by atoms with E-state index in [9.17, 15) is 10.2 Å². The van der Waals surface area contributed by atoms with Gasteiger partial charge in [-0.1, -0.05) is 24.6 Å². The number of anilines is 1. The first-order chi connectivity index (χ1) is 11.2. The number of rotatable bonds is 5. The highest BCUT2D eigenvalue weighted by Crippen LogP contribution is 2.25. The van der Waals surface area contributed by atoms with E-state index in [0.717, 1.165) is 42.7 Å². The monoisotopic (exact) mass is 313 g/mol. The lowest BCUT2D eigenvalue weighted by Gasteiger charge is -2.28. The third-order valence-electron chi connectivity index (χ3n) is 4.28. The zero-order chi connectivity index (χ0) is 16.1. The van der Waals surface area contributed by atoms with Crippen LogP contribution in [0.15, 0.2) is 48.5 Å². The number of para-hydroxylation sites is 1. The second kappa shape index (κ2) is 7.38. The van der Waals surface area contributed by atoms with Crippen molar-refractivity contribution in [2.75, 3.05) is 5.32 Å². The van der Waals surface area contributed by atoms with E-state index in [0.29, 0.717) is 12.3 Å². The predicted molar refractivity (Wildman–Crippen MR) is 90.8 cm³/mol. The van der Waals surface area contributed by atoms with Crippen LogP contribution in [0.5, 0.6) is 11.5 Å². The quantitative estimate of drug-likeness (QED) is 0.788. The van der Waals surface area contributed by atoms with Crippen molar-refractivity contribution in [2.45, 2.75) is 44.4 Å². The van der Waals surface area contributed by atoms with Gasteiger partial charge >= 0.3 is 0 Å². The summed E-state index contributed by atoms with van der Waals surface area (Å²) in [4.78, 5) is 0. The first kappa shape index (κ1) is 15.7. The Labute approximate surface area is 136 Å². The molecule has 4 nitrogen and oxygen atoms in total. The van der Waals surface area contributed by atoms with E-state index < -0.39 is 0 Å². The predicted octanol–water partition coefficient (Wildman–Crippen LogP) is 3.69. The van der Waals surface area contributed by atoms with Gasteiger partial charge in [0.2, 0.25) is 0 Å². The Morgan fingerprint density at radius 3 is 2.48 bits per heavy atom. The van der Waals surface area contributed by atoms with Gasteiger partial charge < -0.3 is 20.3 Å². The average Bonchev–Trinajstić information content (AvgIpc) is 2.57. The summed E-state index contributed by atoms with van der Waals surface area (Å²) >= 11 is 0. The van der Waals surface area contributed by atoms with Gasteiger partial charge in [0, 0.05) is 17.8 Å². The van der Waals surface area contributed by atoms with Crippen LogP contribution >= 0.6 is 0 Å². The SMILES string of the molecule is Oc1ccccc1CNc1ccc(OC2CCCCC2O)cc1. The maximum Gasteiger partial charge on any atom is 0.124 e. The van der Waals surface area contributed by atoms with E-state index in [1.165, 1.54) is 0 Å². The minimum atomic E-state index is -0.359. The number of aliphatic hydroxyl groups is 1. The number of nitrogens with one attached hydrogen (secondary N) is 1. The fourth-order valence-corrected chi connectivity index (χ4v) is 2.90. The van der Waals surface area contributed by atoms with E-state index in [2.05, 4.69) is 5.32 Å². The molecule has 0 aliphatic heterocycles. The Kier molecular flexibility index (Phi) is 5.03. The summed E-state index contributed by atoms with van der Waals surface area (Å²) in [5, 5.41) is 23.0. The number of benzene rings is 2. The first-order valence-corrected chi connectivity index (χ1v) is 8.18. The van der Waals surface area contributed by atoms with Gasteiger partial charge in [0.15, 0.2) is 0 Å². The average molecular weight is 313 g/mol. The summed E-state index contributed by atoms with van der Waals surface area (Å²) in [5.41, 5.74) is 1.82. The third kappa shape index (κ3) is 4.17. The van der Waals surface area contributed by atoms with Crippen LogP contribution < -0.4 is 10.1 Å². The van der Waals surface area contributed by atoms with E-state index in [1.54, 1.807) is 6.07 Å². The highest BCUT2D eigenvalue weighted by Gasteiger charge is 2.24. The number of hydrogen-bond acceptors (Lipinski definition) is 4. The van der Waals surface area contributed by atoms with Crippen molar-refractivity contribution in [3.8, 4) is 11.5 Å². The minimum absolute atomic E-state index is 0.0937. The van der Waals surface area contributed by atoms with Crippen LogP contribution in [-0.4, -0.2) is 22.4 Å². The maximum absolute atomic E-state index is 9.96. The molecule has 1 saturated carbocycles. The number of ether oxygens (including phenoxy) is 1. The molecular formula is C19H23NO3. The van der Waals surface area contributed by atoms with Crippen molar-refractivity contribution >= 4 is 5.69 Å². The first-order valence-electron chi connectivity index (χ1n) is 8.18. The van der Waals surface area contributed by atoms with Gasteiger partial charge in [-0.25, -0.2) is 0 Å². The molecule has 0 bridgehead atoms. The molecule has 2 unspecified atom stereocenters. The summed E-state index contributed by atoms with van der Waals surface area (Å²) in [5.74, 6) is 1.08. The molecule has 0 heterocycles. The number of aliphatic hydroxyl groups excluding tert-OH is 1. The molecule has 23 heavy (non-hydrogen) atoms. The largest absolute Gasteiger partial charge is 0.508 e. The van der Waals surface area contributed by atoms with Crippen molar-refractivity contribution in [1.82, 2.24) is 0 Å². The molecular weight excluding hydrogens is 290 g/mol. The van der Waals surface area contributed by atoms with Crippen molar-refractivity contribution in [3.05, 3.63) is 54.1 Å². The molecule has 3 N–H and O–H groups in total. The summed E-state index contributed by atoms with van der Waals surface area (Å²) in [6, 6.07) is 15.0. The Balaban J connectivity index is 1.55. The number of phenolic OH excluding ortho intramolecular Hbond substituents is 1. The van der Waals surface area contributed by atoms with Gasteiger partial charge in [0.25, 0.3) is 0 Å². The molecule has 1 aliphatic carbocycles. The van der Waals surface area contributed by atoms with Crippen molar-refractivity contribution < 1.29 is 14.9 Å². The molecule has 0 aromatic heterocycles. The molecule has 0 radical (unpaired) electrons. The molecule has 122 valence electrons. The van der Waals surface area contributed by atoms with Gasteiger partial charge in [0.05, 0.1) is 6.10 Å². The zero-order valence-corrected chi connectivity index (χ0v) is 13.1. The van der Waals surface area contributed by atoms with Crippen LogP contribution in [0.1, 0.15) is 31.2 Å². The van der Waals surface area contributed by atoms with Gasteiger partial charge in [-0.2, -0.15) is 0 Å². The van der Waals surface area contributed by atoms with E-state index in [4.69, 9.17) is 4.74 Å². The lowest BCUT2D eigenvalue weighted by atomic mass is 9.95. The molecule has 1 aliphatic rings. The molecule has 0 spiro atoms. The van der Waals surface area contributed by atoms with E-state index in [-0.39, 0.29) is 12.2 Å². The highest BCUT2D eigenvalue weighted by molar-refractivity contribution is 5.47. The summed E-state index contributed by atoms with van der Waals surface area (Å²) in [7, 11) is 0. The van der Waals surface area contributed by atoms with Crippen LogP contribution in [0.3, 0.4) is 0 Å². The maximum atomic E-state index is 9.96. The van der Waals surface area contributed by atoms with Crippen molar-refractivity contribution in [2.24, 2.45) is 0 Å². The molecule has 0 amide bonds. The second-order valence-electron chi connectivity index (χ2n) is 6.01. The third-order valence-corrected chi connectivity index (χ3v) is 4.28. The lowest BCUT2D eigenvalue weighted by Crippen LogP contribution is -2.34. The second-order valence-corrected chi connectivity index (χ2v) is 6.01. The molecule has 0 saturated heterocycles. The van der Waals surface area contributed by atoms with Crippen molar-refractivity contribution in [1.29, 1.82) is 0 Å². The van der Waals surface area contributed by atoms with Crippen LogP contribution in [0.4, 0.5) is 5.69 Å². The molecule has 2 aromatic carbocycles. The van der Waals surface area contributed by atoms with Crippen LogP contribution in [0, 0.1) is 0 Å². The molecule has 2 aromatic rings. The Morgan fingerprint density at radius 1 is 1.00 bits per heavy atom. The summed E-state index contributed by atoms with van der Waals surface area (Å²) in [6.07, 6.45) is 3.48. The van der Waals surface area contributed by atoms with E-state index in [1.807, 2.05) is 42.5 Å². The van der Waals surface area contributed by atoms with Crippen LogP contribution in [-0.2, 0) is 6.54 Å². The minimum Gasteiger partial charge on any atom is -0.508 e. The Bertz CT molecular complexity index is 627. The summed E-state index contributed by atoms with van der Waals surface area (Å²) in [6.45, 7) is 0.564. The fraction of sp³-hybridized carbons (Fsp3) is 0.368. The number of hydrogen-bond donors (Lipinski definition) is 3.